The van der Waals surface area contributed by atoms with Crippen molar-refractivity contribution in [2.24, 2.45) is 0 Å². The van der Waals surface area contributed by atoms with Crippen molar-refractivity contribution in [1.29, 1.82) is 0 Å². The van der Waals surface area contributed by atoms with Gasteiger partial charge < -0.3 is 4.74 Å². The van der Waals surface area contributed by atoms with Gasteiger partial charge in [0.05, 0.1) is 6.61 Å². The van der Waals surface area contributed by atoms with E-state index in [4.69, 9.17) is 4.74 Å². The molecule has 0 aliphatic rings. The minimum atomic E-state index is -0.128. The second-order valence-electron chi connectivity index (χ2n) is 4.16. The van der Waals surface area contributed by atoms with E-state index in [2.05, 4.69) is 22.9 Å². The van der Waals surface area contributed by atoms with Gasteiger partial charge in [-0.15, -0.1) is 0 Å². The highest BCUT2D eigenvalue weighted by atomic mass is 79.9. The Hall–Kier alpha value is -0.0500. The van der Waals surface area contributed by atoms with Crippen LogP contribution >= 0.6 is 15.9 Å². The van der Waals surface area contributed by atoms with Gasteiger partial charge in [0.2, 0.25) is 0 Å². The molecule has 0 aliphatic heterocycles. The molecule has 0 fully saturated rings. The lowest BCUT2D eigenvalue weighted by molar-refractivity contribution is -0.142. The number of esters is 1. The van der Waals surface area contributed by atoms with Crippen molar-refractivity contribution in [2.45, 2.75) is 70.0 Å². The number of ether oxygens (including phenoxy) is 1. The molecule has 3 heteroatoms. The first kappa shape index (κ1) is 16.0. The van der Waals surface area contributed by atoms with Crippen LogP contribution in [-0.4, -0.2) is 17.4 Å². The molecule has 0 radical (unpaired) electrons. The van der Waals surface area contributed by atoms with Crippen molar-refractivity contribution >= 4 is 21.9 Å². The highest BCUT2D eigenvalue weighted by Gasteiger charge is 2.12. The molecular weight excluding hydrogens is 268 g/mol. The molecule has 0 rings (SSSR count). The van der Waals surface area contributed by atoms with E-state index in [0.29, 0.717) is 6.61 Å². The highest BCUT2D eigenvalue weighted by Crippen LogP contribution is 2.09. The quantitative estimate of drug-likeness (QED) is 0.338. The van der Waals surface area contributed by atoms with Crippen LogP contribution in [-0.2, 0) is 9.53 Å². The van der Waals surface area contributed by atoms with Gasteiger partial charge in [0.1, 0.15) is 4.83 Å². The zero-order valence-electron chi connectivity index (χ0n) is 10.6. The van der Waals surface area contributed by atoms with Gasteiger partial charge >= 0.3 is 5.97 Å². The second kappa shape index (κ2) is 11.4. The van der Waals surface area contributed by atoms with E-state index in [-0.39, 0.29) is 10.8 Å². The fourth-order valence-electron chi connectivity index (χ4n) is 1.49. The van der Waals surface area contributed by atoms with Crippen LogP contribution in [0.1, 0.15) is 65.2 Å². The molecule has 96 valence electrons. The fraction of sp³-hybridized carbons (Fsp3) is 0.923. The summed E-state index contributed by atoms with van der Waals surface area (Å²) in [6.07, 6.45) is 9.53. The summed E-state index contributed by atoms with van der Waals surface area (Å²) in [6, 6.07) is 0. The molecule has 0 saturated heterocycles. The van der Waals surface area contributed by atoms with E-state index in [9.17, 15) is 4.79 Å². The summed E-state index contributed by atoms with van der Waals surface area (Å²) in [7, 11) is 0. The van der Waals surface area contributed by atoms with E-state index in [1.165, 1.54) is 38.5 Å². The maximum absolute atomic E-state index is 11.3. The maximum Gasteiger partial charge on any atom is 0.319 e. The SMILES string of the molecule is CCCCCCCCCOC(=O)C(Br)CC. The van der Waals surface area contributed by atoms with Crippen LogP contribution in [0.3, 0.4) is 0 Å². The summed E-state index contributed by atoms with van der Waals surface area (Å²) in [5.41, 5.74) is 0. The minimum Gasteiger partial charge on any atom is -0.465 e. The third kappa shape index (κ3) is 9.20. The van der Waals surface area contributed by atoms with E-state index >= 15 is 0 Å². The van der Waals surface area contributed by atoms with Crippen molar-refractivity contribution in [3.63, 3.8) is 0 Å². The van der Waals surface area contributed by atoms with Crippen LogP contribution in [0, 0.1) is 0 Å². The lowest BCUT2D eigenvalue weighted by atomic mass is 10.1. The molecule has 0 aromatic heterocycles. The molecule has 1 atom stereocenters. The lowest BCUT2D eigenvalue weighted by Crippen LogP contribution is -2.16. The molecule has 2 nitrogen and oxygen atoms in total. The molecule has 0 N–H and O–H groups in total. The second-order valence-corrected chi connectivity index (χ2v) is 5.27. The summed E-state index contributed by atoms with van der Waals surface area (Å²) >= 11 is 3.28. The Labute approximate surface area is 108 Å². The largest absolute Gasteiger partial charge is 0.465 e. The van der Waals surface area contributed by atoms with Crippen molar-refractivity contribution in [2.75, 3.05) is 6.61 Å². The topological polar surface area (TPSA) is 26.3 Å². The number of hydrogen-bond donors (Lipinski definition) is 0. The first-order valence-electron chi connectivity index (χ1n) is 6.53. The molecule has 1 unspecified atom stereocenters. The maximum atomic E-state index is 11.3. The van der Waals surface area contributed by atoms with Crippen molar-refractivity contribution < 1.29 is 9.53 Å². The number of rotatable bonds is 10. The van der Waals surface area contributed by atoms with Crippen LogP contribution in [0.4, 0.5) is 0 Å². The van der Waals surface area contributed by atoms with Gasteiger partial charge in [-0.2, -0.15) is 0 Å². The number of unbranched alkanes of at least 4 members (excludes halogenated alkanes) is 6. The van der Waals surface area contributed by atoms with Gasteiger partial charge in [-0.1, -0.05) is 68.3 Å². The minimum absolute atomic E-state index is 0.117. The van der Waals surface area contributed by atoms with Gasteiger partial charge in [-0.05, 0) is 12.8 Å². The standard InChI is InChI=1S/C13H25BrO2/c1-3-5-6-7-8-9-10-11-16-13(15)12(14)4-2/h12H,3-11H2,1-2H3. The van der Waals surface area contributed by atoms with Crippen molar-refractivity contribution in [1.82, 2.24) is 0 Å². The van der Waals surface area contributed by atoms with Gasteiger partial charge in [0.25, 0.3) is 0 Å². The Bertz CT molecular complexity index is 171. The van der Waals surface area contributed by atoms with Crippen molar-refractivity contribution in [3.05, 3.63) is 0 Å². The van der Waals surface area contributed by atoms with Gasteiger partial charge in [-0.3, -0.25) is 4.79 Å². The van der Waals surface area contributed by atoms with Crippen LogP contribution in [0.25, 0.3) is 0 Å². The third-order valence-corrected chi connectivity index (χ3v) is 3.63. The molecule has 0 amide bonds. The first-order chi connectivity index (χ1) is 7.72. The zero-order chi connectivity index (χ0) is 12.2. The van der Waals surface area contributed by atoms with Crippen LogP contribution in [0.5, 0.6) is 0 Å². The molecule has 0 saturated carbocycles. The summed E-state index contributed by atoms with van der Waals surface area (Å²) in [5, 5.41) is 0. The summed E-state index contributed by atoms with van der Waals surface area (Å²) in [4.78, 5) is 11.2. The van der Waals surface area contributed by atoms with Crippen molar-refractivity contribution in [3.8, 4) is 0 Å². The number of carbonyl (C=O) groups is 1. The first-order valence-corrected chi connectivity index (χ1v) is 7.44. The predicted molar refractivity (Wildman–Crippen MR) is 72.0 cm³/mol. The van der Waals surface area contributed by atoms with Crippen LogP contribution < -0.4 is 0 Å². The van der Waals surface area contributed by atoms with Gasteiger partial charge in [-0.25, -0.2) is 0 Å². The highest BCUT2D eigenvalue weighted by molar-refractivity contribution is 9.10. The van der Waals surface area contributed by atoms with E-state index in [0.717, 1.165) is 12.8 Å². The Morgan fingerprint density at radius 3 is 2.19 bits per heavy atom. The van der Waals surface area contributed by atoms with E-state index in [1.807, 2.05) is 6.92 Å². The predicted octanol–water partition coefficient (Wildman–Crippen LogP) is 4.45. The Kier molecular flexibility index (Phi) is 11.4. The number of alkyl halides is 1. The van der Waals surface area contributed by atoms with Crippen LogP contribution in [0.15, 0.2) is 0 Å². The van der Waals surface area contributed by atoms with E-state index < -0.39 is 0 Å². The normalized spacial score (nSPS) is 12.4. The zero-order valence-corrected chi connectivity index (χ0v) is 12.2. The van der Waals surface area contributed by atoms with E-state index in [1.54, 1.807) is 0 Å². The molecule has 16 heavy (non-hydrogen) atoms. The third-order valence-electron chi connectivity index (χ3n) is 2.61. The Morgan fingerprint density at radius 2 is 1.62 bits per heavy atom. The summed E-state index contributed by atoms with van der Waals surface area (Å²) < 4.78 is 5.14. The van der Waals surface area contributed by atoms with Gasteiger partial charge in [0, 0.05) is 0 Å². The fourth-order valence-corrected chi connectivity index (χ4v) is 1.62. The molecular formula is C13H25BrO2. The monoisotopic (exact) mass is 292 g/mol. The average molecular weight is 293 g/mol. The number of halogens is 1. The molecule has 0 aromatic rings. The summed E-state index contributed by atoms with van der Waals surface area (Å²) in [6.45, 7) is 4.77. The van der Waals surface area contributed by atoms with Crippen LogP contribution in [0.2, 0.25) is 0 Å². The molecule has 0 spiro atoms. The Morgan fingerprint density at radius 1 is 1.06 bits per heavy atom. The molecule has 0 bridgehead atoms. The average Bonchev–Trinajstić information content (AvgIpc) is 2.31. The number of carbonyl (C=O) groups excluding carboxylic acids is 1. The lowest BCUT2D eigenvalue weighted by Gasteiger charge is -2.07. The smallest absolute Gasteiger partial charge is 0.319 e. The molecule has 0 heterocycles. The molecule has 0 aromatic carbocycles. The molecule has 0 aliphatic carbocycles. The number of hydrogen-bond acceptors (Lipinski definition) is 2. The van der Waals surface area contributed by atoms with Gasteiger partial charge in [0.15, 0.2) is 0 Å². The Balaban J connectivity index is 3.18. The summed E-state index contributed by atoms with van der Waals surface area (Å²) in [5.74, 6) is -0.117.